The molecule has 22 heavy (non-hydrogen) atoms. The molecule has 0 saturated carbocycles. The van der Waals surface area contributed by atoms with Gasteiger partial charge in [-0.15, -0.1) is 0 Å². The van der Waals surface area contributed by atoms with Gasteiger partial charge in [0, 0.05) is 17.5 Å². The van der Waals surface area contributed by atoms with Crippen molar-refractivity contribution in [3.8, 4) is 0 Å². The maximum absolute atomic E-state index is 12.6. The second-order valence-electron chi connectivity index (χ2n) is 5.62. The molecule has 0 aliphatic heterocycles. The number of hydrogen-bond donors (Lipinski definition) is 0. The molecular weight excluding hydrogens is 272 g/mol. The third-order valence-corrected chi connectivity index (χ3v) is 4.14. The van der Waals surface area contributed by atoms with Gasteiger partial charge in [0.15, 0.2) is 11.6 Å². The highest BCUT2D eigenvalue weighted by Crippen LogP contribution is 2.32. The number of allylic oxidation sites excluding steroid dienone is 2. The first kappa shape index (κ1) is 14.5. The van der Waals surface area contributed by atoms with E-state index in [2.05, 4.69) is 0 Å². The highest BCUT2D eigenvalue weighted by molar-refractivity contribution is 6.10. The molecule has 0 aromatic heterocycles. The van der Waals surface area contributed by atoms with E-state index in [1.165, 1.54) is 0 Å². The van der Waals surface area contributed by atoms with Crippen LogP contribution in [0.25, 0.3) is 0 Å². The van der Waals surface area contributed by atoms with Gasteiger partial charge in [-0.1, -0.05) is 66.7 Å². The van der Waals surface area contributed by atoms with Crippen LogP contribution in [0, 0.1) is 5.92 Å². The van der Waals surface area contributed by atoms with Crippen molar-refractivity contribution in [2.24, 2.45) is 5.92 Å². The van der Waals surface area contributed by atoms with E-state index in [-0.39, 0.29) is 17.5 Å². The van der Waals surface area contributed by atoms with Crippen molar-refractivity contribution in [1.82, 2.24) is 0 Å². The van der Waals surface area contributed by atoms with Crippen molar-refractivity contribution in [3.63, 3.8) is 0 Å². The van der Waals surface area contributed by atoms with Gasteiger partial charge in [0.1, 0.15) is 0 Å². The monoisotopic (exact) mass is 290 g/mol. The summed E-state index contributed by atoms with van der Waals surface area (Å²) in [5.41, 5.74) is 2.23. The summed E-state index contributed by atoms with van der Waals surface area (Å²) >= 11 is 0. The number of rotatable bonds is 5. The van der Waals surface area contributed by atoms with Crippen molar-refractivity contribution < 1.29 is 9.59 Å². The summed E-state index contributed by atoms with van der Waals surface area (Å²) in [6, 6.07) is 18.6. The molecule has 0 heterocycles. The van der Waals surface area contributed by atoms with Gasteiger partial charge in [-0.3, -0.25) is 9.59 Å². The Morgan fingerprint density at radius 1 is 0.864 bits per heavy atom. The van der Waals surface area contributed by atoms with Crippen LogP contribution in [-0.4, -0.2) is 11.6 Å². The molecule has 0 spiro atoms. The van der Waals surface area contributed by atoms with Gasteiger partial charge in [0.25, 0.3) is 0 Å². The molecule has 2 aromatic rings. The van der Waals surface area contributed by atoms with E-state index in [1.54, 1.807) is 0 Å². The molecule has 0 bridgehead atoms. The summed E-state index contributed by atoms with van der Waals surface area (Å²) < 4.78 is 0. The Morgan fingerprint density at radius 2 is 1.45 bits per heavy atom. The van der Waals surface area contributed by atoms with E-state index in [0.29, 0.717) is 12.0 Å². The molecule has 110 valence electrons. The first-order valence-electron chi connectivity index (χ1n) is 7.64. The lowest BCUT2D eigenvalue weighted by atomic mass is 9.88. The highest BCUT2D eigenvalue weighted by Gasteiger charge is 2.27. The quantitative estimate of drug-likeness (QED) is 0.761. The van der Waals surface area contributed by atoms with E-state index in [9.17, 15) is 9.59 Å². The fourth-order valence-electron chi connectivity index (χ4n) is 2.97. The van der Waals surface area contributed by atoms with Crippen molar-refractivity contribution >= 4 is 11.6 Å². The van der Waals surface area contributed by atoms with Gasteiger partial charge in [-0.2, -0.15) is 0 Å². The molecule has 1 aliphatic carbocycles. The lowest BCUT2D eigenvalue weighted by Crippen LogP contribution is -2.14. The predicted molar refractivity (Wildman–Crippen MR) is 87.0 cm³/mol. The van der Waals surface area contributed by atoms with E-state index >= 15 is 0 Å². The van der Waals surface area contributed by atoms with Crippen LogP contribution in [0.4, 0.5) is 0 Å². The lowest BCUT2D eigenvalue weighted by Gasteiger charge is -2.13. The standard InChI is InChI=1S/C20H18O2/c21-19(15-8-3-1-4-9-15)14-17-12-7-13-18(17)20(22)16-10-5-2-6-11-16/h1-6,8-11,13,17H,7,12,14H2. The predicted octanol–water partition coefficient (Wildman–Crippen LogP) is 4.48. The zero-order valence-electron chi connectivity index (χ0n) is 12.4. The molecule has 2 aromatic carbocycles. The van der Waals surface area contributed by atoms with Crippen molar-refractivity contribution in [2.75, 3.05) is 0 Å². The Balaban J connectivity index is 1.74. The van der Waals surface area contributed by atoms with Gasteiger partial charge in [0.05, 0.1) is 0 Å². The fourth-order valence-corrected chi connectivity index (χ4v) is 2.97. The normalized spacial score (nSPS) is 17.1. The molecule has 0 N–H and O–H groups in total. The first-order valence-corrected chi connectivity index (χ1v) is 7.64. The minimum atomic E-state index is 0.0420. The third-order valence-electron chi connectivity index (χ3n) is 4.14. The van der Waals surface area contributed by atoms with Gasteiger partial charge in [-0.25, -0.2) is 0 Å². The maximum atomic E-state index is 12.6. The smallest absolute Gasteiger partial charge is 0.188 e. The molecule has 3 rings (SSSR count). The summed E-state index contributed by atoms with van der Waals surface area (Å²) in [6.45, 7) is 0. The van der Waals surface area contributed by atoms with E-state index < -0.39 is 0 Å². The zero-order valence-corrected chi connectivity index (χ0v) is 12.4. The molecule has 2 nitrogen and oxygen atoms in total. The van der Waals surface area contributed by atoms with Crippen LogP contribution < -0.4 is 0 Å². The molecule has 2 heteroatoms. The first-order chi connectivity index (χ1) is 10.8. The molecule has 1 unspecified atom stereocenters. The Bertz CT molecular complexity index is 699. The second-order valence-corrected chi connectivity index (χ2v) is 5.62. The number of ketones is 2. The topological polar surface area (TPSA) is 34.1 Å². The Kier molecular flexibility index (Phi) is 4.29. The van der Waals surface area contributed by atoms with Gasteiger partial charge in [0.2, 0.25) is 0 Å². The van der Waals surface area contributed by atoms with Crippen LogP contribution in [0.1, 0.15) is 40.0 Å². The average molecular weight is 290 g/mol. The van der Waals surface area contributed by atoms with Crippen LogP contribution in [0.5, 0.6) is 0 Å². The van der Waals surface area contributed by atoms with Crippen LogP contribution in [0.3, 0.4) is 0 Å². The van der Waals surface area contributed by atoms with Crippen molar-refractivity contribution in [2.45, 2.75) is 19.3 Å². The number of carbonyl (C=O) groups excluding carboxylic acids is 2. The zero-order chi connectivity index (χ0) is 15.4. The summed E-state index contributed by atoms with van der Waals surface area (Å²) in [5.74, 6) is 0.212. The number of Topliss-reactive ketones (excluding diaryl/α,β-unsaturated/α-hetero) is 2. The van der Waals surface area contributed by atoms with Crippen LogP contribution >= 0.6 is 0 Å². The van der Waals surface area contributed by atoms with E-state index in [1.807, 2.05) is 66.7 Å². The van der Waals surface area contributed by atoms with Crippen LogP contribution in [0.15, 0.2) is 72.3 Å². The van der Waals surface area contributed by atoms with Crippen LogP contribution in [0.2, 0.25) is 0 Å². The highest BCUT2D eigenvalue weighted by atomic mass is 16.1. The average Bonchev–Trinajstić information content (AvgIpc) is 3.04. The van der Waals surface area contributed by atoms with Gasteiger partial charge in [-0.05, 0) is 24.3 Å². The Hall–Kier alpha value is -2.48. The molecule has 0 amide bonds. The van der Waals surface area contributed by atoms with Gasteiger partial charge < -0.3 is 0 Å². The summed E-state index contributed by atoms with van der Waals surface area (Å²) in [5, 5.41) is 0. The summed E-state index contributed by atoms with van der Waals surface area (Å²) in [6.07, 6.45) is 4.17. The SMILES string of the molecule is O=C(CC1CCC=C1C(=O)c1ccccc1)c1ccccc1. The van der Waals surface area contributed by atoms with Gasteiger partial charge >= 0.3 is 0 Å². The van der Waals surface area contributed by atoms with Crippen LogP contribution in [-0.2, 0) is 0 Å². The molecule has 1 aliphatic rings. The van der Waals surface area contributed by atoms with Crippen molar-refractivity contribution in [3.05, 3.63) is 83.4 Å². The Labute approximate surface area is 130 Å². The number of benzene rings is 2. The Morgan fingerprint density at radius 3 is 2.09 bits per heavy atom. The summed E-state index contributed by atoms with van der Waals surface area (Å²) in [4.78, 5) is 25.0. The number of carbonyl (C=O) groups is 2. The molecular formula is C20H18O2. The minimum Gasteiger partial charge on any atom is -0.294 e. The summed E-state index contributed by atoms with van der Waals surface area (Å²) in [7, 11) is 0. The molecule has 0 radical (unpaired) electrons. The van der Waals surface area contributed by atoms with Crippen molar-refractivity contribution in [1.29, 1.82) is 0 Å². The largest absolute Gasteiger partial charge is 0.294 e. The molecule has 0 fully saturated rings. The minimum absolute atomic E-state index is 0.0420. The van der Waals surface area contributed by atoms with E-state index in [0.717, 1.165) is 24.0 Å². The fraction of sp³-hybridized carbons (Fsp3) is 0.200. The second kappa shape index (κ2) is 6.52. The number of hydrogen-bond acceptors (Lipinski definition) is 2. The maximum Gasteiger partial charge on any atom is 0.188 e. The van der Waals surface area contributed by atoms with E-state index in [4.69, 9.17) is 0 Å². The molecule has 1 atom stereocenters. The third kappa shape index (κ3) is 3.06. The lowest BCUT2D eigenvalue weighted by molar-refractivity contribution is 0.0960. The molecule has 0 saturated heterocycles.